The lowest BCUT2D eigenvalue weighted by molar-refractivity contribution is 0.0195. The lowest BCUT2D eigenvalue weighted by Crippen LogP contribution is -2.46. The van der Waals surface area contributed by atoms with Crippen molar-refractivity contribution in [2.75, 3.05) is 45.9 Å². The molecule has 29 heavy (non-hydrogen) atoms. The molecule has 1 unspecified atom stereocenters. The van der Waals surface area contributed by atoms with Gasteiger partial charge in [-0.2, -0.15) is 0 Å². The van der Waals surface area contributed by atoms with E-state index in [1.54, 1.807) is 11.3 Å². The molecule has 156 valence electrons. The number of hydrogen-bond donors (Lipinski definition) is 1. The Hall–Kier alpha value is -1.96. The molecule has 0 bridgehead atoms. The van der Waals surface area contributed by atoms with Crippen molar-refractivity contribution in [1.82, 2.24) is 20.1 Å². The number of thiazole rings is 1. The summed E-state index contributed by atoms with van der Waals surface area (Å²) in [6.07, 6.45) is 1.20. The molecule has 2 fully saturated rings. The topological polar surface area (TPSA) is 53.0 Å². The molecule has 2 aliphatic rings. The quantitative estimate of drug-likeness (QED) is 0.603. The molecule has 0 spiro atoms. The molecule has 0 radical (unpaired) electrons. The summed E-state index contributed by atoms with van der Waals surface area (Å²) < 4.78 is 5.51. The minimum absolute atomic E-state index is 0.609. The van der Waals surface area contributed by atoms with Crippen molar-refractivity contribution in [2.45, 2.75) is 32.9 Å². The van der Waals surface area contributed by atoms with Gasteiger partial charge in [0.05, 0.1) is 25.5 Å². The van der Waals surface area contributed by atoms with Crippen molar-refractivity contribution in [1.29, 1.82) is 0 Å². The first-order valence-electron chi connectivity index (χ1n) is 10.6. The van der Waals surface area contributed by atoms with Crippen LogP contribution in [0.3, 0.4) is 0 Å². The van der Waals surface area contributed by atoms with Crippen molar-refractivity contribution in [2.24, 2.45) is 4.99 Å². The Morgan fingerprint density at radius 1 is 1.24 bits per heavy atom. The maximum Gasteiger partial charge on any atom is 0.194 e. The summed E-state index contributed by atoms with van der Waals surface area (Å²) in [6.45, 7) is 11.7. The number of benzene rings is 1. The molecule has 6 nitrogen and oxygen atoms in total. The van der Waals surface area contributed by atoms with Gasteiger partial charge in [0.1, 0.15) is 5.01 Å². The van der Waals surface area contributed by atoms with E-state index in [0.717, 1.165) is 62.6 Å². The molecule has 0 saturated carbocycles. The highest BCUT2D eigenvalue weighted by molar-refractivity contribution is 7.15. The van der Waals surface area contributed by atoms with E-state index in [-0.39, 0.29) is 0 Å². The fourth-order valence-corrected chi connectivity index (χ4v) is 5.02. The number of rotatable bonds is 5. The van der Waals surface area contributed by atoms with Crippen molar-refractivity contribution >= 4 is 17.3 Å². The molecule has 1 aromatic heterocycles. The first-order valence-corrected chi connectivity index (χ1v) is 11.4. The molecule has 1 aromatic carbocycles. The fourth-order valence-electron chi connectivity index (χ4n) is 4.03. The minimum atomic E-state index is 0.609. The van der Waals surface area contributed by atoms with Gasteiger partial charge in [0.25, 0.3) is 0 Å². The first-order chi connectivity index (χ1) is 14.2. The number of aromatic nitrogens is 1. The van der Waals surface area contributed by atoms with Crippen LogP contribution in [0.1, 0.15) is 23.9 Å². The standard InChI is InChI=1S/C22H31N5OS/c1-3-23-22(27-10-9-19(16-27)26-11-13-28-14-12-26)24-15-20-17(2)25-21(29-20)18-7-5-4-6-8-18/h4-8,19H,3,9-16H2,1-2H3,(H,23,24). The zero-order chi connectivity index (χ0) is 20.1. The third-order valence-electron chi connectivity index (χ3n) is 5.65. The first kappa shape index (κ1) is 20.3. The zero-order valence-corrected chi connectivity index (χ0v) is 18.2. The third kappa shape index (κ3) is 4.97. The van der Waals surface area contributed by atoms with Crippen LogP contribution in [0.25, 0.3) is 10.6 Å². The minimum Gasteiger partial charge on any atom is -0.379 e. The summed E-state index contributed by atoms with van der Waals surface area (Å²) in [4.78, 5) is 16.0. The summed E-state index contributed by atoms with van der Waals surface area (Å²) in [5.74, 6) is 1.03. The smallest absolute Gasteiger partial charge is 0.194 e. The highest BCUT2D eigenvalue weighted by Crippen LogP contribution is 2.28. The van der Waals surface area contributed by atoms with Crippen molar-refractivity contribution in [3.05, 3.63) is 40.9 Å². The Balaban J connectivity index is 1.43. The summed E-state index contributed by atoms with van der Waals surface area (Å²) >= 11 is 1.75. The maximum atomic E-state index is 5.51. The van der Waals surface area contributed by atoms with Crippen LogP contribution in [0, 0.1) is 6.92 Å². The average molecular weight is 414 g/mol. The Morgan fingerprint density at radius 2 is 2.03 bits per heavy atom. The monoisotopic (exact) mass is 413 g/mol. The van der Waals surface area contributed by atoms with Gasteiger partial charge in [-0.1, -0.05) is 30.3 Å². The predicted octanol–water partition coefficient (Wildman–Crippen LogP) is 2.99. The van der Waals surface area contributed by atoms with Crippen molar-refractivity contribution in [3.8, 4) is 10.6 Å². The number of guanidine groups is 1. The number of nitrogens with zero attached hydrogens (tertiary/aromatic N) is 4. The van der Waals surface area contributed by atoms with Gasteiger partial charge in [0.15, 0.2) is 5.96 Å². The summed E-state index contributed by atoms with van der Waals surface area (Å²) in [5.41, 5.74) is 2.26. The second-order valence-corrected chi connectivity index (χ2v) is 8.68. The SMILES string of the molecule is CCNC(=NCc1sc(-c2ccccc2)nc1C)N1CCC(N2CCOCC2)C1. The van der Waals surface area contributed by atoms with Crippen LogP contribution in [0.5, 0.6) is 0 Å². The molecular formula is C22H31N5OS. The van der Waals surface area contributed by atoms with Gasteiger partial charge in [-0.15, -0.1) is 11.3 Å². The van der Waals surface area contributed by atoms with E-state index < -0.39 is 0 Å². The van der Waals surface area contributed by atoms with Crippen LogP contribution in [-0.2, 0) is 11.3 Å². The van der Waals surface area contributed by atoms with Gasteiger partial charge in [-0.05, 0) is 20.3 Å². The van der Waals surface area contributed by atoms with Crippen LogP contribution in [0.2, 0.25) is 0 Å². The largest absolute Gasteiger partial charge is 0.379 e. The predicted molar refractivity (Wildman–Crippen MR) is 119 cm³/mol. The van der Waals surface area contributed by atoms with Crippen molar-refractivity contribution < 1.29 is 4.74 Å². The van der Waals surface area contributed by atoms with E-state index in [2.05, 4.69) is 53.2 Å². The Bertz CT molecular complexity index is 816. The fraction of sp³-hybridized carbons (Fsp3) is 0.545. The molecule has 2 aromatic rings. The molecule has 1 N–H and O–H groups in total. The molecule has 7 heteroatoms. The highest BCUT2D eigenvalue weighted by Gasteiger charge is 2.30. The van der Waals surface area contributed by atoms with Crippen LogP contribution in [0.15, 0.2) is 35.3 Å². The van der Waals surface area contributed by atoms with Crippen LogP contribution in [-0.4, -0.2) is 72.7 Å². The Morgan fingerprint density at radius 3 is 2.79 bits per heavy atom. The van der Waals surface area contributed by atoms with E-state index in [4.69, 9.17) is 14.7 Å². The van der Waals surface area contributed by atoms with Gasteiger partial charge in [-0.3, -0.25) is 4.90 Å². The number of ether oxygens (including phenoxy) is 1. The van der Waals surface area contributed by atoms with Gasteiger partial charge >= 0.3 is 0 Å². The Labute approximate surface area is 177 Å². The van der Waals surface area contributed by atoms with Gasteiger partial charge in [0.2, 0.25) is 0 Å². The summed E-state index contributed by atoms with van der Waals surface area (Å²) in [6, 6.07) is 11.0. The van der Waals surface area contributed by atoms with E-state index in [1.165, 1.54) is 16.9 Å². The number of aryl methyl sites for hydroxylation is 1. The lowest BCUT2D eigenvalue weighted by Gasteiger charge is -2.32. The molecule has 0 amide bonds. The zero-order valence-electron chi connectivity index (χ0n) is 17.4. The molecule has 2 saturated heterocycles. The van der Waals surface area contributed by atoms with E-state index >= 15 is 0 Å². The van der Waals surface area contributed by atoms with E-state index in [9.17, 15) is 0 Å². The lowest BCUT2D eigenvalue weighted by atomic mass is 10.2. The second kappa shape index (κ2) is 9.69. The van der Waals surface area contributed by atoms with E-state index in [0.29, 0.717) is 12.6 Å². The molecule has 3 heterocycles. The summed E-state index contributed by atoms with van der Waals surface area (Å²) in [5, 5.41) is 4.57. The summed E-state index contributed by atoms with van der Waals surface area (Å²) in [7, 11) is 0. The van der Waals surface area contributed by atoms with Crippen LogP contribution < -0.4 is 5.32 Å². The van der Waals surface area contributed by atoms with Gasteiger partial charge < -0.3 is 15.0 Å². The van der Waals surface area contributed by atoms with Gasteiger partial charge in [-0.25, -0.2) is 9.98 Å². The molecule has 2 aliphatic heterocycles. The van der Waals surface area contributed by atoms with Crippen LogP contribution >= 0.6 is 11.3 Å². The normalized spacial score (nSPS) is 21.0. The molecule has 4 rings (SSSR count). The third-order valence-corrected chi connectivity index (χ3v) is 6.84. The number of hydrogen-bond acceptors (Lipinski definition) is 5. The highest BCUT2D eigenvalue weighted by atomic mass is 32.1. The van der Waals surface area contributed by atoms with Crippen molar-refractivity contribution in [3.63, 3.8) is 0 Å². The number of nitrogens with one attached hydrogen (secondary N) is 1. The molecule has 1 atom stereocenters. The second-order valence-electron chi connectivity index (χ2n) is 7.60. The maximum absolute atomic E-state index is 5.51. The van der Waals surface area contributed by atoms with Crippen LogP contribution in [0.4, 0.5) is 0 Å². The number of aliphatic imine (C=N–C) groups is 1. The molecule has 0 aliphatic carbocycles. The van der Waals surface area contributed by atoms with Gasteiger partial charge in [0, 0.05) is 49.2 Å². The van der Waals surface area contributed by atoms with E-state index in [1.807, 2.05) is 6.07 Å². The Kier molecular flexibility index (Phi) is 6.79. The average Bonchev–Trinajstić information content (AvgIpc) is 3.40. The molecular weight excluding hydrogens is 382 g/mol. The number of morpholine rings is 1. The number of likely N-dealkylation sites (tertiary alicyclic amines) is 1.